The van der Waals surface area contributed by atoms with Crippen LogP contribution in [-0.4, -0.2) is 47.1 Å². The van der Waals surface area contributed by atoms with Gasteiger partial charge in [-0.15, -0.1) is 11.3 Å². The number of aromatic nitrogens is 2. The number of hydrogen-bond donors (Lipinski definition) is 1. The quantitative estimate of drug-likeness (QED) is 0.364. The van der Waals surface area contributed by atoms with Gasteiger partial charge >= 0.3 is 6.03 Å². The second-order valence-electron chi connectivity index (χ2n) is 7.15. The predicted octanol–water partition coefficient (Wildman–Crippen LogP) is 5.58. The molecule has 32 heavy (non-hydrogen) atoms. The van der Waals surface area contributed by atoms with Crippen molar-refractivity contribution in [2.75, 3.05) is 32.1 Å². The first-order valence-corrected chi connectivity index (χ1v) is 11.3. The van der Waals surface area contributed by atoms with Gasteiger partial charge in [0.15, 0.2) is 4.96 Å². The molecule has 2 heterocycles. The number of ether oxygens (including phenoxy) is 1. The van der Waals surface area contributed by atoms with Crippen molar-refractivity contribution < 1.29 is 13.9 Å². The summed E-state index contributed by atoms with van der Waals surface area (Å²) in [6.07, 6.45) is 2.61. The Morgan fingerprint density at radius 2 is 2.00 bits per heavy atom. The lowest BCUT2D eigenvalue weighted by Crippen LogP contribution is -2.39. The summed E-state index contributed by atoms with van der Waals surface area (Å²) in [4.78, 5) is 20.0. The van der Waals surface area contributed by atoms with E-state index >= 15 is 0 Å². The number of thiazole rings is 1. The third-order valence-electron chi connectivity index (χ3n) is 5.03. The third-order valence-corrected chi connectivity index (χ3v) is 6.17. The number of carbonyl (C=O) groups excluding carboxylic acids is 1. The summed E-state index contributed by atoms with van der Waals surface area (Å²) in [5.74, 6) is -0.472. The molecule has 0 aliphatic carbocycles. The molecule has 4 rings (SSSR count). The monoisotopic (exact) mass is 472 g/mol. The van der Waals surface area contributed by atoms with E-state index in [1.807, 2.05) is 40.2 Å². The fraction of sp³-hybridized carbons (Fsp3) is 0.217. The molecule has 0 radical (unpaired) electrons. The number of halogens is 2. The number of fused-ring (bicyclic) bond motifs is 1. The summed E-state index contributed by atoms with van der Waals surface area (Å²) in [6, 6.07) is 13.3. The molecule has 0 aliphatic rings. The van der Waals surface area contributed by atoms with Crippen molar-refractivity contribution in [2.24, 2.45) is 0 Å². The first kappa shape index (κ1) is 22.3. The molecule has 0 unspecified atom stereocenters. The molecule has 0 fully saturated rings. The number of methoxy groups -OCH3 is 1. The highest BCUT2D eigenvalue weighted by atomic mass is 35.5. The maximum atomic E-state index is 13.9. The lowest BCUT2D eigenvalue weighted by atomic mass is 10.2. The molecule has 166 valence electrons. The lowest BCUT2D eigenvalue weighted by Gasteiger charge is -2.23. The van der Waals surface area contributed by atoms with E-state index in [9.17, 15) is 9.18 Å². The number of hydrogen-bond acceptors (Lipinski definition) is 4. The van der Waals surface area contributed by atoms with E-state index in [2.05, 4.69) is 5.32 Å². The van der Waals surface area contributed by atoms with Gasteiger partial charge in [0.05, 0.1) is 18.0 Å². The van der Waals surface area contributed by atoms with Gasteiger partial charge in [-0.1, -0.05) is 35.9 Å². The third kappa shape index (κ3) is 5.09. The number of anilines is 1. The lowest BCUT2D eigenvalue weighted by molar-refractivity contribution is 0.155. The van der Waals surface area contributed by atoms with Crippen molar-refractivity contribution in [1.82, 2.24) is 14.3 Å². The van der Waals surface area contributed by atoms with Crippen molar-refractivity contribution in [3.63, 3.8) is 0 Å². The summed E-state index contributed by atoms with van der Waals surface area (Å²) >= 11 is 7.53. The van der Waals surface area contributed by atoms with Crippen LogP contribution in [0.5, 0.6) is 0 Å². The Labute approximate surface area is 194 Å². The molecule has 0 spiro atoms. The van der Waals surface area contributed by atoms with Crippen molar-refractivity contribution in [3.05, 3.63) is 76.6 Å². The second-order valence-corrected chi connectivity index (χ2v) is 8.43. The van der Waals surface area contributed by atoms with Gasteiger partial charge in [-0.2, -0.15) is 0 Å². The standard InChI is InChI=1S/C23H22ClFN4O2S/c1-31-13-12-28(22(30)26-20-5-3-2-4-19(20)25)11-10-18-15-32-23-27-21(14-29(18)23)16-6-8-17(24)9-7-16/h2-9,14-15H,10-13H2,1H3,(H,26,30). The zero-order valence-electron chi connectivity index (χ0n) is 17.4. The molecule has 2 aromatic carbocycles. The second kappa shape index (κ2) is 10.1. The van der Waals surface area contributed by atoms with Gasteiger partial charge in [0, 0.05) is 54.5 Å². The van der Waals surface area contributed by atoms with Crippen LogP contribution in [0, 0.1) is 5.82 Å². The van der Waals surface area contributed by atoms with Gasteiger partial charge in [-0.05, 0) is 24.3 Å². The zero-order valence-corrected chi connectivity index (χ0v) is 19.0. The number of urea groups is 1. The van der Waals surface area contributed by atoms with Gasteiger partial charge in [0.25, 0.3) is 0 Å². The minimum atomic E-state index is -0.472. The van der Waals surface area contributed by atoms with E-state index in [0.29, 0.717) is 31.1 Å². The average molecular weight is 473 g/mol. The summed E-state index contributed by atoms with van der Waals surface area (Å²) in [5.41, 5.74) is 3.05. The normalized spacial score (nSPS) is 11.1. The maximum Gasteiger partial charge on any atom is 0.322 e. The summed E-state index contributed by atoms with van der Waals surface area (Å²) in [6.45, 7) is 1.23. The molecule has 0 bridgehead atoms. The highest BCUT2D eigenvalue weighted by Crippen LogP contribution is 2.25. The summed E-state index contributed by atoms with van der Waals surface area (Å²) in [5, 5.41) is 5.37. The van der Waals surface area contributed by atoms with Crippen LogP contribution in [0.3, 0.4) is 0 Å². The van der Waals surface area contributed by atoms with Gasteiger partial charge in [0.1, 0.15) is 5.82 Å². The van der Waals surface area contributed by atoms with E-state index in [0.717, 1.165) is 21.9 Å². The van der Waals surface area contributed by atoms with Gasteiger partial charge in [-0.25, -0.2) is 14.2 Å². The zero-order chi connectivity index (χ0) is 22.5. The largest absolute Gasteiger partial charge is 0.383 e. The van der Waals surface area contributed by atoms with Gasteiger partial charge in [0.2, 0.25) is 0 Å². The maximum absolute atomic E-state index is 13.9. The Hall–Kier alpha value is -2.94. The van der Waals surface area contributed by atoms with Crippen LogP contribution in [0.15, 0.2) is 60.1 Å². The smallest absolute Gasteiger partial charge is 0.322 e. The average Bonchev–Trinajstić information content (AvgIpc) is 3.37. The van der Waals surface area contributed by atoms with Crippen LogP contribution in [-0.2, 0) is 11.2 Å². The number of nitrogens with zero attached hydrogens (tertiary/aromatic N) is 3. The van der Waals surface area contributed by atoms with E-state index in [1.165, 1.54) is 12.1 Å². The molecular formula is C23H22ClFN4O2S. The van der Waals surface area contributed by atoms with Crippen molar-refractivity contribution in [1.29, 1.82) is 0 Å². The van der Waals surface area contributed by atoms with E-state index in [-0.39, 0.29) is 11.7 Å². The van der Waals surface area contributed by atoms with Crippen molar-refractivity contribution in [2.45, 2.75) is 6.42 Å². The number of nitrogens with one attached hydrogen (secondary N) is 1. The predicted molar refractivity (Wildman–Crippen MR) is 126 cm³/mol. The van der Waals surface area contributed by atoms with Gasteiger partial charge in [-0.3, -0.25) is 4.40 Å². The number of rotatable bonds is 8. The molecular weight excluding hydrogens is 451 g/mol. The first-order valence-electron chi connectivity index (χ1n) is 10.1. The molecule has 9 heteroatoms. The van der Waals surface area contributed by atoms with Gasteiger partial charge < -0.3 is 15.0 Å². The van der Waals surface area contributed by atoms with E-state index in [1.54, 1.807) is 35.5 Å². The molecule has 2 amide bonds. The number of benzene rings is 2. The Balaban J connectivity index is 1.48. The number of imidazole rings is 1. The Bertz CT molecular complexity index is 1210. The summed E-state index contributed by atoms with van der Waals surface area (Å²) in [7, 11) is 1.58. The SMILES string of the molecule is COCCN(CCc1csc2nc(-c3ccc(Cl)cc3)cn12)C(=O)Nc1ccccc1F. The van der Waals surface area contributed by atoms with Crippen LogP contribution in [0.4, 0.5) is 14.9 Å². The van der Waals surface area contributed by atoms with Crippen LogP contribution in [0.25, 0.3) is 16.2 Å². The fourth-order valence-electron chi connectivity index (χ4n) is 3.29. The molecule has 0 saturated carbocycles. The minimum Gasteiger partial charge on any atom is -0.383 e. The Morgan fingerprint density at radius 1 is 1.22 bits per heavy atom. The minimum absolute atomic E-state index is 0.153. The number of para-hydroxylation sites is 1. The number of amides is 2. The fourth-order valence-corrected chi connectivity index (χ4v) is 4.32. The Morgan fingerprint density at radius 3 is 2.75 bits per heavy atom. The molecule has 6 nitrogen and oxygen atoms in total. The number of carbonyl (C=O) groups is 1. The van der Waals surface area contributed by atoms with Crippen molar-refractivity contribution >= 4 is 39.6 Å². The first-order chi connectivity index (χ1) is 15.5. The molecule has 1 N–H and O–H groups in total. The molecule has 0 aliphatic heterocycles. The Kier molecular flexibility index (Phi) is 7.04. The van der Waals surface area contributed by atoms with E-state index in [4.69, 9.17) is 21.3 Å². The van der Waals surface area contributed by atoms with Crippen LogP contribution >= 0.6 is 22.9 Å². The highest BCUT2D eigenvalue weighted by Gasteiger charge is 2.17. The molecule has 4 aromatic rings. The van der Waals surface area contributed by atoms with Crippen LogP contribution in [0.1, 0.15) is 5.69 Å². The highest BCUT2D eigenvalue weighted by molar-refractivity contribution is 7.15. The molecule has 0 atom stereocenters. The van der Waals surface area contributed by atoms with E-state index < -0.39 is 5.82 Å². The summed E-state index contributed by atoms with van der Waals surface area (Å²) < 4.78 is 21.1. The van der Waals surface area contributed by atoms with Crippen LogP contribution in [0.2, 0.25) is 5.02 Å². The van der Waals surface area contributed by atoms with Crippen molar-refractivity contribution in [3.8, 4) is 11.3 Å². The topological polar surface area (TPSA) is 58.9 Å². The molecule has 2 aromatic heterocycles. The molecule has 0 saturated heterocycles. The van der Waals surface area contributed by atoms with Crippen LogP contribution < -0.4 is 5.32 Å².